The highest BCUT2D eigenvalue weighted by Crippen LogP contribution is 2.28. The SMILES string of the molecule is CCCCC(C)C(=O)NCCc1cc(C(F)(F)F)ccn1. The van der Waals surface area contributed by atoms with Crippen LogP contribution in [0.5, 0.6) is 0 Å². The van der Waals surface area contributed by atoms with Gasteiger partial charge in [-0.1, -0.05) is 26.7 Å². The number of amides is 1. The molecule has 0 radical (unpaired) electrons. The minimum absolute atomic E-state index is 0.0598. The van der Waals surface area contributed by atoms with Crippen LogP contribution in [0, 0.1) is 5.92 Å². The van der Waals surface area contributed by atoms with Crippen molar-refractivity contribution >= 4 is 5.91 Å². The molecule has 0 bridgehead atoms. The number of rotatable bonds is 7. The minimum Gasteiger partial charge on any atom is -0.355 e. The van der Waals surface area contributed by atoms with Gasteiger partial charge in [-0.15, -0.1) is 0 Å². The zero-order valence-electron chi connectivity index (χ0n) is 12.3. The van der Waals surface area contributed by atoms with Gasteiger partial charge in [-0.2, -0.15) is 13.2 Å². The lowest BCUT2D eigenvalue weighted by atomic mass is 10.0. The Bertz CT molecular complexity index is 460. The van der Waals surface area contributed by atoms with E-state index >= 15 is 0 Å². The van der Waals surface area contributed by atoms with Gasteiger partial charge in [0.15, 0.2) is 0 Å². The first-order valence-corrected chi connectivity index (χ1v) is 7.14. The molecule has 3 nitrogen and oxygen atoms in total. The van der Waals surface area contributed by atoms with Crippen LogP contribution in [-0.4, -0.2) is 17.4 Å². The molecule has 0 saturated carbocycles. The van der Waals surface area contributed by atoms with Crippen LogP contribution in [0.3, 0.4) is 0 Å². The van der Waals surface area contributed by atoms with E-state index < -0.39 is 11.7 Å². The number of carbonyl (C=O) groups excluding carboxylic acids is 1. The van der Waals surface area contributed by atoms with E-state index in [4.69, 9.17) is 0 Å². The number of alkyl halides is 3. The molecular weight excluding hydrogens is 281 g/mol. The average Bonchev–Trinajstić information content (AvgIpc) is 2.44. The third-order valence-corrected chi connectivity index (χ3v) is 3.26. The fraction of sp³-hybridized carbons (Fsp3) is 0.600. The number of nitrogens with zero attached hydrogens (tertiary/aromatic N) is 1. The molecule has 0 fully saturated rings. The van der Waals surface area contributed by atoms with Gasteiger partial charge >= 0.3 is 6.18 Å². The van der Waals surface area contributed by atoms with E-state index in [1.807, 2.05) is 6.92 Å². The van der Waals surface area contributed by atoms with Crippen molar-refractivity contribution in [3.63, 3.8) is 0 Å². The molecule has 1 unspecified atom stereocenters. The van der Waals surface area contributed by atoms with Crippen LogP contribution >= 0.6 is 0 Å². The van der Waals surface area contributed by atoms with Crippen molar-refractivity contribution in [2.24, 2.45) is 5.92 Å². The Labute approximate surface area is 123 Å². The van der Waals surface area contributed by atoms with E-state index in [2.05, 4.69) is 17.2 Å². The Hall–Kier alpha value is -1.59. The third-order valence-electron chi connectivity index (χ3n) is 3.26. The Balaban J connectivity index is 2.44. The molecule has 6 heteroatoms. The molecule has 1 N–H and O–H groups in total. The van der Waals surface area contributed by atoms with Gasteiger partial charge in [-0.25, -0.2) is 0 Å². The lowest BCUT2D eigenvalue weighted by molar-refractivity contribution is -0.137. The summed E-state index contributed by atoms with van der Waals surface area (Å²) in [5, 5.41) is 2.74. The minimum atomic E-state index is -4.37. The van der Waals surface area contributed by atoms with E-state index in [-0.39, 0.29) is 18.2 Å². The lowest BCUT2D eigenvalue weighted by Gasteiger charge is -2.12. The smallest absolute Gasteiger partial charge is 0.355 e. The summed E-state index contributed by atoms with van der Waals surface area (Å²) in [6.07, 6.45) is -0.0880. The third kappa shape index (κ3) is 6.14. The van der Waals surface area contributed by atoms with E-state index in [0.29, 0.717) is 12.2 Å². The predicted molar refractivity (Wildman–Crippen MR) is 74.6 cm³/mol. The molecule has 1 amide bonds. The quantitative estimate of drug-likeness (QED) is 0.836. The number of pyridine rings is 1. The molecule has 1 rings (SSSR count). The monoisotopic (exact) mass is 302 g/mol. The zero-order valence-corrected chi connectivity index (χ0v) is 12.3. The molecular formula is C15H21F3N2O. The fourth-order valence-corrected chi connectivity index (χ4v) is 1.92. The summed E-state index contributed by atoms with van der Waals surface area (Å²) < 4.78 is 37.6. The number of aromatic nitrogens is 1. The molecule has 1 aromatic heterocycles. The van der Waals surface area contributed by atoms with Crippen molar-refractivity contribution in [1.82, 2.24) is 10.3 Å². The lowest BCUT2D eigenvalue weighted by Crippen LogP contribution is -2.31. The Morgan fingerprint density at radius 1 is 1.43 bits per heavy atom. The van der Waals surface area contributed by atoms with E-state index in [1.165, 1.54) is 0 Å². The molecule has 0 aliphatic carbocycles. The van der Waals surface area contributed by atoms with Gasteiger partial charge in [0.2, 0.25) is 5.91 Å². The molecule has 21 heavy (non-hydrogen) atoms. The summed E-state index contributed by atoms with van der Waals surface area (Å²) in [6, 6.07) is 1.96. The number of hydrogen-bond acceptors (Lipinski definition) is 2. The van der Waals surface area contributed by atoms with Crippen LogP contribution in [0.4, 0.5) is 13.2 Å². The van der Waals surface area contributed by atoms with Crippen LogP contribution in [0.25, 0.3) is 0 Å². The zero-order chi connectivity index (χ0) is 15.9. The van der Waals surface area contributed by atoms with Gasteiger partial charge in [0.25, 0.3) is 0 Å². The standard InChI is InChI=1S/C15H21F3N2O/c1-3-4-5-11(2)14(21)20-9-7-13-10-12(6-8-19-13)15(16,17)18/h6,8,10-11H,3-5,7,9H2,1-2H3,(H,20,21). The second kappa shape index (κ2) is 8.00. The Morgan fingerprint density at radius 2 is 2.14 bits per heavy atom. The van der Waals surface area contributed by atoms with Gasteiger partial charge < -0.3 is 5.32 Å². The second-order valence-electron chi connectivity index (χ2n) is 5.12. The van der Waals surface area contributed by atoms with Crippen molar-refractivity contribution in [2.75, 3.05) is 6.54 Å². The summed E-state index contributed by atoms with van der Waals surface area (Å²) in [4.78, 5) is 15.6. The van der Waals surface area contributed by atoms with Crippen LogP contribution < -0.4 is 5.32 Å². The van der Waals surface area contributed by atoms with E-state index in [1.54, 1.807) is 0 Å². The highest BCUT2D eigenvalue weighted by Gasteiger charge is 2.30. The van der Waals surface area contributed by atoms with Gasteiger partial charge in [-0.3, -0.25) is 9.78 Å². The van der Waals surface area contributed by atoms with E-state index in [9.17, 15) is 18.0 Å². The van der Waals surface area contributed by atoms with Gasteiger partial charge in [0.1, 0.15) is 0 Å². The summed E-state index contributed by atoms with van der Waals surface area (Å²) in [5.41, 5.74) is -0.388. The number of halogens is 3. The predicted octanol–water partition coefficient (Wildman–Crippen LogP) is 3.59. The fourth-order valence-electron chi connectivity index (χ4n) is 1.92. The molecule has 0 saturated heterocycles. The van der Waals surface area contributed by atoms with Crippen molar-refractivity contribution in [2.45, 2.75) is 45.7 Å². The number of unbranched alkanes of at least 4 members (excludes halogenated alkanes) is 1. The normalized spacial score (nSPS) is 13.0. The molecule has 1 atom stereocenters. The van der Waals surface area contributed by atoms with Crippen LogP contribution in [0.1, 0.15) is 44.4 Å². The van der Waals surface area contributed by atoms with Crippen molar-refractivity contribution in [3.8, 4) is 0 Å². The first kappa shape index (κ1) is 17.5. The molecule has 1 aromatic rings. The van der Waals surface area contributed by atoms with Crippen LogP contribution in [0.2, 0.25) is 0 Å². The van der Waals surface area contributed by atoms with Gasteiger partial charge in [0.05, 0.1) is 5.56 Å². The van der Waals surface area contributed by atoms with Gasteiger partial charge in [0, 0.05) is 30.8 Å². The summed E-state index contributed by atoms with van der Waals surface area (Å²) in [5.74, 6) is -0.130. The highest BCUT2D eigenvalue weighted by atomic mass is 19.4. The second-order valence-corrected chi connectivity index (χ2v) is 5.12. The Kier molecular flexibility index (Phi) is 6.65. The number of carbonyl (C=O) groups is 1. The van der Waals surface area contributed by atoms with Crippen molar-refractivity contribution < 1.29 is 18.0 Å². The van der Waals surface area contributed by atoms with Crippen molar-refractivity contribution in [1.29, 1.82) is 0 Å². The summed E-state index contributed by atoms with van der Waals surface area (Å²) in [7, 11) is 0. The molecule has 0 aliphatic rings. The Morgan fingerprint density at radius 3 is 2.76 bits per heavy atom. The van der Waals surface area contributed by atoms with Gasteiger partial charge in [-0.05, 0) is 18.6 Å². The molecule has 0 aromatic carbocycles. The topological polar surface area (TPSA) is 42.0 Å². The van der Waals surface area contributed by atoms with Crippen molar-refractivity contribution in [3.05, 3.63) is 29.6 Å². The summed E-state index contributed by atoms with van der Waals surface area (Å²) >= 11 is 0. The number of hydrogen-bond donors (Lipinski definition) is 1. The average molecular weight is 302 g/mol. The molecule has 0 spiro atoms. The highest BCUT2D eigenvalue weighted by molar-refractivity contribution is 5.78. The maximum atomic E-state index is 12.5. The van der Waals surface area contributed by atoms with E-state index in [0.717, 1.165) is 37.6 Å². The van der Waals surface area contributed by atoms with Crippen LogP contribution in [0.15, 0.2) is 18.3 Å². The first-order valence-electron chi connectivity index (χ1n) is 7.14. The molecule has 1 heterocycles. The number of nitrogens with one attached hydrogen (secondary N) is 1. The van der Waals surface area contributed by atoms with Crippen LogP contribution in [-0.2, 0) is 17.4 Å². The maximum Gasteiger partial charge on any atom is 0.416 e. The summed E-state index contributed by atoms with van der Waals surface area (Å²) in [6.45, 7) is 4.21. The molecule has 0 aliphatic heterocycles. The first-order chi connectivity index (χ1) is 9.84. The largest absolute Gasteiger partial charge is 0.416 e. The maximum absolute atomic E-state index is 12.5. The molecule has 118 valence electrons.